The van der Waals surface area contributed by atoms with Crippen molar-refractivity contribution < 1.29 is 4.39 Å². The Morgan fingerprint density at radius 1 is 1.17 bits per heavy atom. The highest BCUT2D eigenvalue weighted by atomic mass is 79.9. The molecule has 18 heavy (non-hydrogen) atoms. The van der Waals surface area contributed by atoms with E-state index in [1.54, 1.807) is 12.1 Å². The first-order valence-electron chi connectivity index (χ1n) is 5.57. The van der Waals surface area contributed by atoms with Crippen molar-refractivity contribution in [1.82, 2.24) is 0 Å². The van der Waals surface area contributed by atoms with Gasteiger partial charge < -0.3 is 10.6 Å². The average molecular weight is 309 g/mol. The lowest BCUT2D eigenvalue weighted by atomic mass is 10.2. The normalized spacial score (nSPS) is 10.4. The molecule has 2 nitrogen and oxygen atoms in total. The zero-order valence-corrected chi connectivity index (χ0v) is 11.6. The van der Waals surface area contributed by atoms with Crippen LogP contribution in [-0.4, -0.2) is 7.05 Å². The zero-order chi connectivity index (χ0) is 13.1. The summed E-state index contributed by atoms with van der Waals surface area (Å²) in [4.78, 5) is 2.05. The van der Waals surface area contributed by atoms with Crippen LogP contribution in [0.15, 0.2) is 46.9 Å². The van der Waals surface area contributed by atoms with Crippen molar-refractivity contribution in [3.8, 4) is 0 Å². The molecule has 0 saturated heterocycles. The molecule has 0 aromatic heterocycles. The summed E-state index contributed by atoms with van der Waals surface area (Å²) in [6, 6.07) is 12.3. The molecule has 0 fully saturated rings. The van der Waals surface area contributed by atoms with Crippen molar-refractivity contribution in [2.45, 2.75) is 6.54 Å². The summed E-state index contributed by atoms with van der Waals surface area (Å²) in [6.07, 6.45) is 0. The Kier molecular flexibility index (Phi) is 3.87. The number of anilines is 2. The average Bonchev–Trinajstić information content (AvgIpc) is 2.34. The summed E-state index contributed by atoms with van der Waals surface area (Å²) in [5, 5.41) is 0. The Hall–Kier alpha value is -1.55. The third-order valence-electron chi connectivity index (χ3n) is 2.75. The highest BCUT2D eigenvalue weighted by molar-refractivity contribution is 9.10. The maximum atomic E-state index is 12.8. The van der Waals surface area contributed by atoms with Crippen LogP contribution >= 0.6 is 15.9 Å². The molecule has 0 radical (unpaired) electrons. The smallest absolute Gasteiger partial charge is 0.123 e. The van der Waals surface area contributed by atoms with E-state index in [9.17, 15) is 4.39 Å². The number of hydrogen-bond donors (Lipinski definition) is 1. The van der Waals surface area contributed by atoms with Gasteiger partial charge in [-0.3, -0.25) is 0 Å². The number of halogens is 2. The van der Waals surface area contributed by atoms with Crippen LogP contribution < -0.4 is 10.6 Å². The lowest BCUT2D eigenvalue weighted by Gasteiger charge is -2.19. The van der Waals surface area contributed by atoms with E-state index in [-0.39, 0.29) is 5.82 Å². The van der Waals surface area contributed by atoms with Gasteiger partial charge in [0.25, 0.3) is 0 Å². The lowest BCUT2D eigenvalue weighted by Crippen LogP contribution is -2.16. The highest BCUT2D eigenvalue weighted by Crippen LogP contribution is 2.22. The monoisotopic (exact) mass is 308 g/mol. The molecule has 2 aromatic rings. The molecule has 0 aliphatic rings. The summed E-state index contributed by atoms with van der Waals surface area (Å²) in [5.74, 6) is -0.220. The maximum Gasteiger partial charge on any atom is 0.123 e. The molecule has 0 bridgehead atoms. The summed E-state index contributed by atoms with van der Waals surface area (Å²) < 4.78 is 13.7. The minimum Gasteiger partial charge on any atom is -0.398 e. The molecular weight excluding hydrogens is 295 g/mol. The Balaban J connectivity index is 2.13. The van der Waals surface area contributed by atoms with Crippen LogP contribution in [0.1, 0.15) is 5.56 Å². The molecule has 0 amide bonds. The number of nitrogens with zero attached hydrogens (tertiary/aromatic N) is 1. The number of nitrogens with two attached hydrogens (primary N) is 1. The molecule has 0 saturated carbocycles. The van der Waals surface area contributed by atoms with Crippen LogP contribution in [0.5, 0.6) is 0 Å². The number of benzene rings is 2. The van der Waals surface area contributed by atoms with Crippen molar-refractivity contribution in [2.24, 2.45) is 0 Å². The minimum atomic E-state index is -0.220. The fourth-order valence-electron chi connectivity index (χ4n) is 1.73. The first kappa shape index (κ1) is 12.9. The largest absolute Gasteiger partial charge is 0.398 e. The second-order valence-electron chi connectivity index (χ2n) is 4.19. The van der Waals surface area contributed by atoms with Gasteiger partial charge in [-0.05, 0) is 57.9 Å². The fourth-order valence-corrected chi connectivity index (χ4v) is 2.16. The van der Waals surface area contributed by atoms with E-state index in [1.807, 2.05) is 25.2 Å². The van der Waals surface area contributed by atoms with Crippen molar-refractivity contribution in [1.29, 1.82) is 0 Å². The molecule has 4 heteroatoms. The number of nitrogen functional groups attached to an aromatic ring is 1. The van der Waals surface area contributed by atoms with Crippen LogP contribution in [0.4, 0.5) is 15.8 Å². The van der Waals surface area contributed by atoms with E-state index >= 15 is 0 Å². The fraction of sp³-hybridized carbons (Fsp3) is 0.143. The van der Waals surface area contributed by atoms with Gasteiger partial charge in [0.2, 0.25) is 0 Å². The van der Waals surface area contributed by atoms with Crippen LogP contribution in [0.2, 0.25) is 0 Å². The Labute approximate surface area is 114 Å². The quantitative estimate of drug-likeness (QED) is 0.874. The summed E-state index contributed by atoms with van der Waals surface area (Å²) in [7, 11) is 1.97. The Morgan fingerprint density at radius 3 is 2.44 bits per heavy atom. The topological polar surface area (TPSA) is 29.3 Å². The third-order valence-corrected chi connectivity index (χ3v) is 3.44. The van der Waals surface area contributed by atoms with E-state index in [4.69, 9.17) is 5.73 Å². The van der Waals surface area contributed by atoms with Crippen LogP contribution in [-0.2, 0) is 6.54 Å². The standard InChI is InChI=1S/C14H14BrFN2/c1-18(12-5-3-11(16)4-6-12)9-10-2-7-14(17)13(15)8-10/h2-8H,9,17H2,1H3. The van der Waals surface area contributed by atoms with Crippen LogP contribution in [0.25, 0.3) is 0 Å². The predicted molar refractivity (Wildman–Crippen MR) is 77.1 cm³/mol. The lowest BCUT2D eigenvalue weighted by molar-refractivity contribution is 0.627. The van der Waals surface area contributed by atoms with Gasteiger partial charge >= 0.3 is 0 Å². The van der Waals surface area contributed by atoms with E-state index < -0.39 is 0 Å². The summed E-state index contributed by atoms with van der Waals surface area (Å²) >= 11 is 3.41. The molecule has 0 unspecified atom stereocenters. The van der Waals surface area contributed by atoms with E-state index in [2.05, 4.69) is 20.8 Å². The summed E-state index contributed by atoms with van der Waals surface area (Å²) in [6.45, 7) is 0.741. The molecule has 0 spiro atoms. The second kappa shape index (κ2) is 5.40. The predicted octanol–water partition coefficient (Wildman–Crippen LogP) is 3.81. The molecule has 2 rings (SSSR count). The van der Waals surface area contributed by atoms with Gasteiger partial charge in [-0.15, -0.1) is 0 Å². The van der Waals surface area contributed by atoms with Gasteiger partial charge in [-0.1, -0.05) is 6.07 Å². The third kappa shape index (κ3) is 3.01. The van der Waals surface area contributed by atoms with Crippen molar-refractivity contribution in [2.75, 3.05) is 17.7 Å². The number of rotatable bonds is 3. The van der Waals surface area contributed by atoms with E-state index in [0.717, 1.165) is 28.0 Å². The molecule has 94 valence electrons. The van der Waals surface area contributed by atoms with E-state index in [1.165, 1.54) is 12.1 Å². The Bertz CT molecular complexity index is 540. The molecular formula is C14H14BrFN2. The van der Waals surface area contributed by atoms with Gasteiger partial charge in [0.05, 0.1) is 0 Å². The Morgan fingerprint density at radius 2 is 1.83 bits per heavy atom. The molecule has 2 N–H and O–H groups in total. The van der Waals surface area contributed by atoms with Crippen LogP contribution in [0, 0.1) is 5.82 Å². The first-order chi connectivity index (χ1) is 8.56. The van der Waals surface area contributed by atoms with Gasteiger partial charge in [0, 0.05) is 29.4 Å². The van der Waals surface area contributed by atoms with Crippen LogP contribution in [0.3, 0.4) is 0 Å². The van der Waals surface area contributed by atoms with E-state index in [0.29, 0.717) is 0 Å². The summed E-state index contributed by atoms with van der Waals surface area (Å²) in [5.41, 5.74) is 8.59. The van der Waals surface area contributed by atoms with Gasteiger partial charge in [-0.2, -0.15) is 0 Å². The molecule has 0 atom stereocenters. The molecule has 2 aromatic carbocycles. The maximum absolute atomic E-state index is 12.8. The zero-order valence-electron chi connectivity index (χ0n) is 10.0. The van der Waals surface area contributed by atoms with Gasteiger partial charge in [-0.25, -0.2) is 4.39 Å². The molecule has 0 aliphatic heterocycles. The van der Waals surface area contributed by atoms with Gasteiger partial charge in [0.1, 0.15) is 5.82 Å². The molecule has 0 aliphatic carbocycles. The van der Waals surface area contributed by atoms with Gasteiger partial charge in [0.15, 0.2) is 0 Å². The number of hydrogen-bond acceptors (Lipinski definition) is 2. The molecule has 0 heterocycles. The minimum absolute atomic E-state index is 0.220. The first-order valence-corrected chi connectivity index (χ1v) is 6.36. The SMILES string of the molecule is CN(Cc1ccc(N)c(Br)c1)c1ccc(F)cc1. The second-order valence-corrected chi connectivity index (χ2v) is 5.04. The van der Waals surface area contributed by atoms with Crippen molar-refractivity contribution in [3.63, 3.8) is 0 Å². The van der Waals surface area contributed by atoms with Crippen molar-refractivity contribution >= 4 is 27.3 Å². The van der Waals surface area contributed by atoms with Crippen molar-refractivity contribution in [3.05, 3.63) is 58.3 Å². The highest BCUT2D eigenvalue weighted by Gasteiger charge is 2.04.